The van der Waals surface area contributed by atoms with E-state index in [-0.39, 0.29) is 6.71 Å². The average molecular weight is 326 g/mol. The van der Waals surface area contributed by atoms with Gasteiger partial charge in [-0.1, -0.05) is 63.5 Å². The van der Waals surface area contributed by atoms with Gasteiger partial charge in [0.15, 0.2) is 0 Å². The van der Waals surface area contributed by atoms with Crippen molar-refractivity contribution >= 4 is 23.2 Å². The lowest BCUT2D eigenvalue weighted by Gasteiger charge is -2.23. The molecule has 1 aromatic carbocycles. The molecule has 25 heavy (non-hydrogen) atoms. The molecule has 124 valence electrons. The summed E-state index contributed by atoms with van der Waals surface area (Å²) in [6, 6.07) is 15.2. The van der Waals surface area contributed by atoms with Crippen LogP contribution in [-0.2, 0) is 0 Å². The SMILES string of the molecule is CC(C)c1cccc(C(C)C)c1B1c2cccnc2-c2cccnc21. The van der Waals surface area contributed by atoms with Crippen LogP contribution in [0, 0.1) is 0 Å². The maximum atomic E-state index is 4.79. The van der Waals surface area contributed by atoms with Gasteiger partial charge in [-0.15, -0.1) is 0 Å². The number of benzene rings is 1. The van der Waals surface area contributed by atoms with Crippen LogP contribution >= 0.6 is 0 Å². The predicted molar refractivity (Wildman–Crippen MR) is 107 cm³/mol. The van der Waals surface area contributed by atoms with E-state index in [1.54, 1.807) is 0 Å². The second-order valence-electron chi connectivity index (χ2n) is 7.47. The van der Waals surface area contributed by atoms with Crippen LogP contribution < -0.4 is 16.5 Å². The number of rotatable bonds is 3. The van der Waals surface area contributed by atoms with Gasteiger partial charge < -0.3 is 0 Å². The van der Waals surface area contributed by atoms with Crippen LogP contribution in [0.4, 0.5) is 0 Å². The standard InChI is InChI=1S/C22H23BN2/c1-14(2)16-8-5-9-17(15(3)4)20(16)23-19-11-7-12-24-21(19)18-10-6-13-25-22(18)23/h5-15H,1-4H3. The Morgan fingerprint density at radius 2 is 1.40 bits per heavy atom. The summed E-state index contributed by atoms with van der Waals surface area (Å²) >= 11 is 0. The first-order chi connectivity index (χ1) is 12.1. The molecule has 0 N–H and O–H groups in total. The monoisotopic (exact) mass is 326 g/mol. The smallest absolute Gasteiger partial charge is 0.269 e. The van der Waals surface area contributed by atoms with Gasteiger partial charge in [-0.25, -0.2) is 0 Å². The first kappa shape index (κ1) is 16.1. The number of pyridine rings is 2. The lowest BCUT2D eigenvalue weighted by molar-refractivity contribution is 0.845. The molecule has 3 heteroatoms. The van der Waals surface area contributed by atoms with Crippen LogP contribution in [0.25, 0.3) is 11.3 Å². The van der Waals surface area contributed by atoms with Crippen molar-refractivity contribution in [3.8, 4) is 11.3 Å². The Balaban J connectivity index is 2.06. The summed E-state index contributed by atoms with van der Waals surface area (Å²) in [6.07, 6.45) is 3.79. The first-order valence-electron chi connectivity index (χ1n) is 9.12. The van der Waals surface area contributed by atoms with E-state index in [2.05, 4.69) is 63.0 Å². The third-order valence-electron chi connectivity index (χ3n) is 5.22. The number of hydrogen-bond donors (Lipinski definition) is 0. The van der Waals surface area contributed by atoms with Crippen molar-refractivity contribution in [1.82, 2.24) is 9.97 Å². The second kappa shape index (κ2) is 6.14. The highest BCUT2D eigenvalue weighted by molar-refractivity contribution is 6.98. The number of hydrogen-bond acceptors (Lipinski definition) is 2. The van der Waals surface area contributed by atoms with E-state index in [9.17, 15) is 0 Å². The third-order valence-corrected chi connectivity index (χ3v) is 5.22. The normalized spacial score (nSPS) is 12.6. The largest absolute Gasteiger partial charge is 0.270 e. The molecular formula is C22H23BN2. The van der Waals surface area contributed by atoms with Crippen molar-refractivity contribution in [3.63, 3.8) is 0 Å². The van der Waals surface area contributed by atoms with Crippen LogP contribution in [0.1, 0.15) is 50.7 Å². The molecule has 1 aliphatic rings. The zero-order valence-corrected chi connectivity index (χ0v) is 15.3. The second-order valence-corrected chi connectivity index (χ2v) is 7.47. The quantitative estimate of drug-likeness (QED) is 0.540. The molecule has 3 heterocycles. The molecule has 0 radical (unpaired) electrons. The van der Waals surface area contributed by atoms with Gasteiger partial charge in [-0.2, -0.15) is 0 Å². The summed E-state index contributed by atoms with van der Waals surface area (Å²) in [5.74, 6) is 0.947. The van der Waals surface area contributed by atoms with E-state index in [4.69, 9.17) is 4.98 Å². The van der Waals surface area contributed by atoms with Crippen LogP contribution in [0.2, 0.25) is 0 Å². The third kappa shape index (κ3) is 2.50. The zero-order chi connectivity index (χ0) is 17.6. The molecule has 1 aliphatic heterocycles. The zero-order valence-electron chi connectivity index (χ0n) is 15.3. The van der Waals surface area contributed by atoms with Crippen molar-refractivity contribution in [2.75, 3.05) is 0 Å². The minimum Gasteiger partial charge on any atom is -0.270 e. The van der Waals surface area contributed by atoms with Crippen molar-refractivity contribution < 1.29 is 0 Å². The summed E-state index contributed by atoms with van der Waals surface area (Å²) < 4.78 is 0. The Kier molecular flexibility index (Phi) is 3.95. The number of nitrogens with zero attached hydrogens (tertiary/aromatic N) is 2. The van der Waals surface area contributed by atoms with Crippen molar-refractivity contribution in [1.29, 1.82) is 0 Å². The van der Waals surface area contributed by atoms with Gasteiger partial charge in [0.25, 0.3) is 6.71 Å². The van der Waals surface area contributed by atoms with Gasteiger partial charge in [0.1, 0.15) is 0 Å². The summed E-state index contributed by atoms with van der Waals surface area (Å²) in [5.41, 5.74) is 8.96. The van der Waals surface area contributed by atoms with Gasteiger partial charge in [-0.05, 0) is 40.6 Å². The molecule has 0 spiro atoms. The van der Waals surface area contributed by atoms with Gasteiger partial charge in [-0.3, -0.25) is 9.97 Å². The fourth-order valence-corrected chi connectivity index (χ4v) is 4.10. The Hall–Kier alpha value is -2.42. The molecule has 0 unspecified atom stereocenters. The van der Waals surface area contributed by atoms with Crippen molar-refractivity contribution in [2.24, 2.45) is 0 Å². The molecule has 0 aliphatic carbocycles. The predicted octanol–water partition coefficient (Wildman–Crippen LogP) is 3.22. The van der Waals surface area contributed by atoms with E-state index < -0.39 is 0 Å². The molecule has 0 bridgehead atoms. The van der Waals surface area contributed by atoms with E-state index in [1.165, 1.54) is 27.6 Å². The Morgan fingerprint density at radius 3 is 2.08 bits per heavy atom. The molecule has 0 amide bonds. The van der Waals surface area contributed by atoms with Crippen LogP contribution in [0.15, 0.2) is 54.9 Å². The Morgan fingerprint density at radius 1 is 0.760 bits per heavy atom. The van der Waals surface area contributed by atoms with Gasteiger partial charge in [0.05, 0.1) is 5.69 Å². The summed E-state index contributed by atoms with van der Waals surface area (Å²) in [6.45, 7) is 9.29. The summed E-state index contributed by atoms with van der Waals surface area (Å²) in [5, 5.41) is 0. The van der Waals surface area contributed by atoms with Gasteiger partial charge >= 0.3 is 0 Å². The highest BCUT2D eigenvalue weighted by Crippen LogP contribution is 2.25. The van der Waals surface area contributed by atoms with Crippen LogP contribution in [0.3, 0.4) is 0 Å². The Labute approximate surface area is 150 Å². The van der Waals surface area contributed by atoms with Gasteiger partial charge in [0, 0.05) is 23.6 Å². The van der Waals surface area contributed by atoms with E-state index in [1.807, 2.05) is 24.5 Å². The minimum absolute atomic E-state index is 0.177. The van der Waals surface area contributed by atoms with Gasteiger partial charge in [0.2, 0.25) is 0 Å². The number of aromatic nitrogens is 2. The molecular weight excluding hydrogens is 303 g/mol. The lowest BCUT2D eigenvalue weighted by Crippen LogP contribution is -2.53. The molecule has 2 nitrogen and oxygen atoms in total. The molecule has 2 aromatic heterocycles. The topological polar surface area (TPSA) is 25.8 Å². The maximum absolute atomic E-state index is 4.79. The molecule has 0 saturated carbocycles. The fourth-order valence-electron chi connectivity index (χ4n) is 4.10. The molecule has 0 atom stereocenters. The van der Waals surface area contributed by atoms with E-state index in [0.29, 0.717) is 11.8 Å². The molecule has 3 aromatic rings. The molecule has 0 fully saturated rings. The molecule has 4 rings (SSSR count). The van der Waals surface area contributed by atoms with Crippen molar-refractivity contribution in [2.45, 2.75) is 39.5 Å². The fraction of sp³-hybridized carbons (Fsp3) is 0.273. The summed E-state index contributed by atoms with van der Waals surface area (Å²) in [7, 11) is 0. The van der Waals surface area contributed by atoms with Crippen molar-refractivity contribution in [3.05, 3.63) is 66.0 Å². The Bertz CT molecular complexity index is 859. The van der Waals surface area contributed by atoms with E-state index >= 15 is 0 Å². The number of fused-ring (bicyclic) bond motifs is 3. The van der Waals surface area contributed by atoms with Crippen LogP contribution in [-0.4, -0.2) is 16.7 Å². The lowest BCUT2D eigenvalue weighted by atomic mass is 9.38. The first-order valence-corrected chi connectivity index (χ1v) is 9.12. The average Bonchev–Trinajstić information content (AvgIpc) is 2.95. The van der Waals surface area contributed by atoms with E-state index in [0.717, 1.165) is 11.3 Å². The molecule has 0 saturated heterocycles. The highest BCUT2D eigenvalue weighted by atomic mass is 14.7. The minimum atomic E-state index is 0.177. The highest BCUT2D eigenvalue weighted by Gasteiger charge is 2.38. The summed E-state index contributed by atoms with van der Waals surface area (Å²) in [4.78, 5) is 9.48. The maximum Gasteiger partial charge on any atom is 0.269 e. The van der Waals surface area contributed by atoms with Crippen LogP contribution in [0.5, 0.6) is 0 Å².